The molecular weight excluding hydrogens is 417 g/mol. The Hall–Kier alpha value is -3.80. The maximum absolute atomic E-state index is 12.9. The number of H-pyrrole nitrogens is 1. The number of carbonyl (C=O) groups excluding carboxylic acids is 1. The van der Waals surface area contributed by atoms with Crippen molar-refractivity contribution < 1.29 is 27.5 Å². The van der Waals surface area contributed by atoms with E-state index in [1.165, 1.54) is 19.9 Å². The van der Waals surface area contributed by atoms with Gasteiger partial charge >= 0.3 is 6.18 Å². The fraction of sp³-hybridized carbons (Fsp3) is 0.211. The summed E-state index contributed by atoms with van der Waals surface area (Å²) in [5.74, 6) is -0.876. The van der Waals surface area contributed by atoms with Gasteiger partial charge < -0.3 is 14.8 Å². The molecule has 160 valence electrons. The highest BCUT2D eigenvalue weighted by Gasteiger charge is 2.33. The normalized spacial score (nSPS) is 12.3. The van der Waals surface area contributed by atoms with Crippen LogP contribution in [-0.4, -0.2) is 36.2 Å². The van der Waals surface area contributed by atoms with Crippen molar-refractivity contribution >= 4 is 22.6 Å². The molecule has 0 radical (unpaired) electrons. The number of nitrogens with zero attached hydrogens (tertiary/aromatic N) is 4. The summed E-state index contributed by atoms with van der Waals surface area (Å²) in [5, 5.41) is 20.2. The minimum atomic E-state index is -4.63. The molecule has 4 aromatic heterocycles. The second-order valence-corrected chi connectivity index (χ2v) is 7.16. The summed E-state index contributed by atoms with van der Waals surface area (Å²) in [4.78, 5) is 24.2. The number of aromatic amines is 1. The number of carbonyl (C=O) groups is 1. The number of rotatable bonds is 4. The second-order valence-electron chi connectivity index (χ2n) is 7.16. The van der Waals surface area contributed by atoms with Crippen molar-refractivity contribution in [2.45, 2.75) is 25.6 Å². The predicted octanol–water partition coefficient (Wildman–Crippen LogP) is 3.51. The van der Waals surface area contributed by atoms with Gasteiger partial charge in [0, 0.05) is 23.3 Å². The van der Waals surface area contributed by atoms with Crippen LogP contribution in [0.3, 0.4) is 0 Å². The molecule has 0 aromatic carbocycles. The first kappa shape index (κ1) is 20.5. The van der Waals surface area contributed by atoms with E-state index in [9.17, 15) is 23.1 Å². The van der Waals surface area contributed by atoms with Gasteiger partial charge in [0.25, 0.3) is 5.91 Å². The van der Waals surface area contributed by atoms with Gasteiger partial charge in [-0.05, 0) is 32.0 Å². The second kappa shape index (κ2) is 7.16. The lowest BCUT2D eigenvalue weighted by atomic mass is 10.0. The fourth-order valence-electron chi connectivity index (χ4n) is 2.86. The van der Waals surface area contributed by atoms with Crippen molar-refractivity contribution in [1.29, 1.82) is 0 Å². The number of anilines is 1. The lowest BCUT2D eigenvalue weighted by Gasteiger charge is -2.20. The molecule has 9 nitrogen and oxygen atoms in total. The molecule has 1 amide bonds. The van der Waals surface area contributed by atoms with E-state index in [1.54, 1.807) is 12.3 Å². The number of hydrogen-bond acceptors (Lipinski definition) is 7. The van der Waals surface area contributed by atoms with Gasteiger partial charge in [-0.2, -0.15) is 18.3 Å². The largest absolute Gasteiger partial charge is 0.444 e. The van der Waals surface area contributed by atoms with Gasteiger partial charge in [0.15, 0.2) is 11.3 Å². The number of amides is 1. The summed E-state index contributed by atoms with van der Waals surface area (Å²) in [6.45, 7) is 3.00. The molecule has 31 heavy (non-hydrogen) atoms. The smallest absolute Gasteiger partial charge is 0.433 e. The summed E-state index contributed by atoms with van der Waals surface area (Å²) in [6, 6.07) is 3.64. The van der Waals surface area contributed by atoms with Crippen molar-refractivity contribution in [3.8, 4) is 11.5 Å². The molecule has 0 saturated carbocycles. The van der Waals surface area contributed by atoms with E-state index in [-0.39, 0.29) is 28.5 Å². The van der Waals surface area contributed by atoms with E-state index in [2.05, 4.69) is 30.5 Å². The first-order valence-electron chi connectivity index (χ1n) is 8.90. The van der Waals surface area contributed by atoms with Gasteiger partial charge in [-0.15, -0.1) is 0 Å². The van der Waals surface area contributed by atoms with Crippen LogP contribution < -0.4 is 5.32 Å². The molecule has 4 heterocycles. The standard InChI is InChI=1S/C19H15F3N6O3/c1-18(2,30)14-11(5-10-7-24-28-15(10)27-14)25-16(29)12-8-31-17(26-12)9-3-4-23-13(6-9)19(20,21)22/h3-8,30H,1-2H3,(H,25,29)(H,24,27,28). The summed E-state index contributed by atoms with van der Waals surface area (Å²) >= 11 is 0. The van der Waals surface area contributed by atoms with Crippen molar-refractivity contribution in [3.05, 3.63) is 53.9 Å². The van der Waals surface area contributed by atoms with Gasteiger partial charge in [-0.3, -0.25) is 14.9 Å². The van der Waals surface area contributed by atoms with Crippen molar-refractivity contribution in [2.24, 2.45) is 0 Å². The van der Waals surface area contributed by atoms with Crippen LogP contribution in [0.1, 0.15) is 35.7 Å². The Morgan fingerprint density at radius 3 is 2.71 bits per heavy atom. The minimum Gasteiger partial charge on any atom is -0.444 e. The Morgan fingerprint density at radius 2 is 2.00 bits per heavy atom. The zero-order chi connectivity index (χ0) is 22.4. The number of halogens is 3. The average Bonchev–Trinajstić information content (AvgIpc) is 3.35. The molecule has 12 heteroatoms. The van der Waals surface area contributed by atoms with Crippen molar-refractivity contribution in [1.82, 2.24) is 25.1 Å². The fourth-order valence-corrected chi connectivity index (χ4v) is 2.86. The summed E-state index contributed by atoms with van der Waals surface area (Å²) < 4.78 is 43.8. The molecule has 0 aliphatic rings. The molecule has 0 fully saturated rings. The van der Waals surface area contributed by atoms with Crippen LogP contribution in [-0.2, 0) is 11.8 Å². The Morgan fingerprint density at radius 1 is 1.23 bits per heavy atom. The lowest BCUT2D eigenvalue weighted by molar-refractivity contribution is -0.141. The zero-order valence-corrected chi connectivity index (χ0v) is 16.2. The van der Waals surface area contributed by atoms with Gasteiger partial charge in [-0.25, -0.2) is 9.97 Å². The Bertz CT molecular complexity index is 1270. The van der Waals surface area contributed by atoms with Crippen LogP contribution in [0, 0.1) is 0 Å². The van der Waals surface area contributed by atoms with Crippen LogP contribution >= 0.6 is 0 Å². The molecule has 0 saturated heterocycles. The topological polar surface area (TPSA) is 130 Å². The van der Waals surface area contributed by atoms with Gasteiger partial charge in [0.2, 0.25) is 5.89 Å². The van der Waals surface area contributed by atoms with Crippen LogP contribution in [0.25, 0.3) is 22.5 Å². The highest BCUT2D eigenvalue weighted by Crippen LogP contribution is 2.31. The molecule has 0 spiro atoms. The Labute approximate surface area is 172 Å². The maximum atomic E-state index is 12.9. The number of fused-ring (bicyclic) bond motifs is 1. The molecule has 0 atom stereocenters. The predicted molar refractivity (Wildman–Crippen MR) is 102 cm³/mol. The molecule has 3 N–H and O–H groups in total. The van der Waals surface area contributed by atoms with Gasteiger partial charge in [-0.1, -0.05) is 0 Å². The molecule has 0 aliphatic carbocycles. The first-order chi connectivity index (χ1) is 14.5. The van der Waals surface area contributed by atoms with E-state index < -0.39 is 23.4 Å². The third-order valence-corrected chi connectivity index (χ3v) is 4.28. The van der Waals surface area contributed by atoms with Crippen LogP contribution in [0.5, 0.6) is 0 Å². The minimum absolute atomic E-state index is 0.0139. The van der Waals surface area contributed by atoms with E-state index >= 15 is 0 Å². The highest BCUT2D eigenvalue weighted by atomic mass is 19.4. The summed E-state index contributed by atoms with van der Waals surface area (Å²) in [5.41, 5.74) is -1.90. The third kappa shape index (κ3) is 4.10. The van der Waals surface area contributed by atoms with E-state index in [1.807, 2.05) is 0 Å². The summed E-state index contributed by atoms with van der Waals surface area (Å²) in [6.07, 6.45) is -1.06. The number of hydrogen-bond donors (Lipinski definition) is 3. The van der Waals surface area contributed by atoms with E-state index in [4.69, 9.17) is 4.42 Å². The van der Waals surface area contributed by atoms with E-state index in [0.29, 0.717) is 11.0 Å². The molecule has 0 aliphatic heterocycles. The van der Waals surface area contributed by atoms with Crippen LogP contribution in [0.15, 0.2) is 41.3 Å². The molecule has 0 unspecified atom stereocenters. The van der Waals surface area contributed by atoms with Crippen LogP contribution in [0.2, 0.25) is 0 Å². The zero-order valence-electron chi connectivity index (χ0n) is 16.2. The highest BCUT2D eigenvalue weighted by molar-refractivity contribution is 6.04. The van der Waals surface area contributed by atoms with Crippen molar-refractivity contribution in [3.63, 3.8) is 0 Å². The third-order valence-electron chi connectivity index (χ3n) is 4.28. The van der Waals surface area contributed by atoms with Crippen molar-refractivity contribution in [2.75, 3.05) is 5.32 Å². The maximum Gasteiger partial charge on any atom is 0.433 e. The first-order valence-corrected chi connectivity index (χ1v) is 8.90. The summed E-state index contributed by atoms with van der Waals surface area (Å²) in [7, 11) is 0. The Balaban J connectivity index is 1.63. The Kier molecular flexibility index (Phi) is 4.73. The molecule has 0 bridgehead atoms. The molecule has 4 aromatic rings. The quantitative estimate of drug-likeness (QED) is 0.450. The number of aromatic nitrogens is 5. The monoisotopic (exact) mass is 432 g/mol. The molecular formula is C19H15F3N6O3. The van der Waals surface area contributed by atoms with E-state index in [0.717, 1.165) is 18.5 Å². The number of oxazole rings is 1. The number of alkyl halides is 3. The number of pyridine rings is 2. The number of nitrogens with one attached hydrogen (secondary N) is 2. The van der Waals surface area contributed by atoms with Gasteiger partial charge in [0.05, 0.1) is 11.4 Å². The lowest BCUT2D eigenvalue weighted by Crippen LogP contribution is -2.22. The molecule has 4 rings (SSSR count). The van der Waals surface area contributed by atoms with Gasteiger partial charge in [0.1, 0.15) is 17.6 Å². The SMILES string of the molecule is CC(C)(O)c1nc2n[nH]cc2cc1NC(=O)c1coc(-c2ccnc(C(F)(F)F)c2)n1. The average molecular weight is 432 g/mol. The van der Waals surface area contributed by atoms with Crippen LogP contribution in [0.4, 0.5) is 18.9 Å². The number of aliphatic hydroxyl groups is 1.